The topological polar surface area (TPSA) is 59.8 Å². The number of rotatable bonds is 11. The Hall–Kier alpha value is -2.60. The lowest BCUT2D eigenvalue weighted by Gasteiger charge is -2.10. The van der Waals surface area contributed by atoms with Crippen LogP contribution in [-0.4, -0.2) is 33.0 Å². The van der Waals surface area contributed by atoms with E-state index >= 15 is 0 Å². The molecule has 0 fully saturated rings. The Morgan fingerprint density at radius 2 is 1.70 bits per heavy atom. The van der Waals surface area contributed by atoms with Gasteiger partial charge in [-0.3, -0.25) is 9.36 Å². The number of carbonyl (C=O) groups is 1. The predicted molar refractivity (Wildman–Crippen MR) is 123 cm³/mol. The van der Waals surface area contributed by atoms with Gasteiger partial charge in [0, 0.05) is 30.8 Å². The molecule has 0 aliphatic carbocycles. The molecule has 6 heteroatoms. The number of para-hydroxylation sites is 1. The lowest BCUT2D eigenvalue weighted by atomic mass is 10.1. The third kappa shape index (κ3) is 6.73. The van der Waals surface area contributed by atoms with Gasteiger partial charge in [-0.2, -0.15) is 0 Å². The van der Waals surface area contributed by atoms with Crippen molar-refractivity contribution in [2.45, 2.75) is 44.7 Å². The first kappa shape index (κ1) is 22.1. The molecule has 0 unspecified atom stereocenters. The zero-order valence-electron chi connectivity index (χ0n) is 17.8. The van der Waals surface area contributed by atoms with Crippen molar-refractivity contribution in [2.24, 2.45) is 5.92 Å². The second-order valence-electron chi connectivity index (χ2n) is 7.74. The van der Waals surface area contributed by atoms with Crippen LogP contribution < -0.4 is 5.32 Å². The molecule has 0 atom stereocenters. The van der Waals surface area contributed by atoms with E-state index in [1.807, 2.05) is 36.4 Å². The fourth-order valence-electron chi connectivity index (χ4n) is 3.08. The lowest BCUT2D eigenvalue weighted by molar-refractivity contribution is -0.121. The normalized spacial score (nSPS) is 11.0. The third-order valence-electron chi connectivity index (χ3n) is 4.66. The summed E-state index contributed by atoms with van der Waals surface area (Å²) in [7, 11) is 0. The smallest absolute Gasteiger partial charge is 0.220 e. The van der Waals surface area contributed by atoms with Crippen molar-refractivity contribution >= 4 is 17.7 Å². The number of thioether (sulfide) groups is 1. The van der Waals surface area contributed by atoms with Crippen LogP contribution in [0.3, 0.4) is 0 Å². The van der Waals surface area contributed by atoms with Crippen LogP contribution in [-0.2, 0) is 11.2 Å². The van der Waals surface area contributed by atoms with Crippen LogP contribution in [0.1, 0.15) is 44.5 Å². The van der Waals surface area contributed by atoms with E-state index in [4.69, 9.17) is 0 Å². The molecule has 0 aliphatic rings. The summed E-state index contributed by atoms with van der Waals surface area (Å²) in [4.78, 5) is 11.9. The number of unbranched alkanes of at least 4 members (excludes halogenated alkanes) is 1. The molecule has 5 nitrogen and oxygen atoms in total. The monoisotopic (exact) mass is 422 g/mol. The second-order valence-corrected chi connectivity index (χ2v) is 8.80. The van der Waals surface area contributed by atoms with E-state index in [1.165, 1.54) is 5.56 Å². The van der Waals surface area contributed by atoms with Gasteiger partial charge in [0.2, 0.25) is 5.91 Å². The maximum absolute atomic E-state index is 11.9. The predicted octanol–water partition coefficient (Wildman–Crippen LogP) is 4.89. The number of hydrogen-bond acceptors (Lipinski definition) is 4. The van der Waals surface area contributed by atoms with E-state index in [9.17, 15) is 4.79 Å². The van der Waals surface area contributed by atoms with E-state index in [1.54, 1.807) is 11.8 Å². The average molecular weight is 423 g/mol. The lowest BCUT2D eigenvalue weighted by Crippen LogP contribution is -2.26. The van der Waals surface area contributed by atoms with Gasteiger partial charge in [0.05, 0.1) is 0 Å². The SMILES string of the molecule is CC(C)CNC(=O)CCCCSc1nnc(Cc2ccccc2)n1-c1ccccc1. The zero-order chi connectivity index (χ0) is 21.2. The van der Waals surface area contributed by atoms with Gasteiger partial charge in [-0.05, 0) is 36.5 Å². The van der Waals surface area contributed by atoms with Crippen LogP contribution in [0.25, 0.3) is 5.69 Å². The highest BCUT2D eigenvalue weighted by molar-refractivity contribution is 7.99. The molecule has 3 aromatic rings. The number of amides is 1. The molecule has 0 saturated carbocycles. The fraction of sp³-hybridized carbons (Fsp3) is 0.375. The Balaban J connectivity index is 1.60. The summed E-state index contributed by atoms with van der Waals surface area (Å²) in [5, 5.41) is 12.8. The van der Waals surface area contributed by atoms with Crippen molar-refractivity contribution in [1.82, 2.24) is 20.1 Å². The maximum atomic E-state index is 11.9. The molecule has 1 amide bonds. The van der Waals surface area contributed by atoms with Gasteiger partial charge >= 0.3 is 0 Å². The molecule has 1 N–H and O–H groups in total. The Bertz CT molecular complexity index is 909. The van der Waals surface area contributed by atoms with Gasteiger partial charge in [-0.25, -0.2) is 0 Å². The molecule has 158 valence electrons. The molecular formula is C24H30N4OS. The van der Waals surface area contributed by atoms with Crippen molar-refractivity contribution in [3.8, 4) is 5.69 Å². The summed E-state index contributed by atoms with van der Waals surface area (Å²) in [5.41, 5.74) is 2.29. The highest BCUT2D eigenvalue weighted by Gasteiger charge is 2.15. The van der Waals surface area contributed by atoms with E-state index in [0.29, 0.717) is 12.3 Å². The number of hydrogen-bond donors (Lipinski definition) is 1. The van der Waals surface area contributed by atoms with Gasteiger partial charge in [-0.15, -0.1) is 10.2 Å². The largest absolute Gasteiger partial charge is 0.356 e. The molecule has 2 aromatic carbocycles. The first-order valence-electron chi connectivity index (χ1n) is 10.6. The van der Waals surface area contributed by atoms with Gasteiger partial charge in [0.15, 0.2) is 5.16 Å². The minimum atomic E-state index is 0.145. The van der Waals surface area contributed by atoms with Crippen molar-refractivity contribution in [3.05, 3.63) is 72.1 Å². The van der Waals surface area contributed by atoms with Crippen molar-refractivity contribution < 1.29 is 4.79 Å². The Kier molecular flexibility index (Phi) is 8.51. The fourth-order valence-corrected chi connectivity index (χ4v) is 4.05. The molecule has 30 heavy (non-hydrogen) atoms. The highest BCUT2D eigenvalue weighted by atomic mass is 32.2. The van der Waals surface area contributed by atoms with Crippen molar-refractivity contribution in [3.63, 3.8) is 0 Å². The molecular weight excluding hydrogens is 392 g/mol. The Labute approximate surface area is 183 Å². The molecule has 0 radical (unpaired) electrons. The van der Waals surface area contributed by atoms with Crippen molar-refractivity contribution in [2.75, 3.05) is 12.3 Å². The molecule has 0 bridgehead atoms. The van der Waals surface area contributed by atoms with Crippen LogP contribution in [0.5, 0.6) is 0 Å². The summed E-state index contributed by atoms with van der Waals surface area (Å²) in [5.74, 6) is 2.47. The first-order chi connectivity index (χ1) is 14.6. The van der Waals surface area contributed by atoms with Crippen LogP contribution >= 0.6 is 11.8 Å². The summed E-state index contributed by atoms with van der Waals surface area (Å²) in [6.45, 7) is 4.95. The summed E-state index contributed by atoms with van der Waals surface area (Å²) < 4.78 is 2.15. The molecule has 3 rings (SSSR count). The van der Waals surface area contributed by atoms with Crippen LogP contribution in [0.15, 0.2) is 65.8 Å². The summed E-state index contributed by atoms with van der Waals surface area (Å²) >= 11 is 1.70. The van der Waals surface area contributed by atoms with Crippen LogP contribution in [0, 0.1) is 5.92 Å². The standard InChI is InChI=1S/C24H30N4OS/c1-19(2)18-25-23(29)15-9-10-16-30-24-27-26-22(17-20-11-5-3-6-12-20)28(24)21-13-7-4-8-14-21/h3-8,11-14,19H,9-10,15-18H2,1-2H3,(H,25,29). The Morgan fingerprint density at radius 3 is 2.40 bits per heavy atom. The quantitative estimate of drug-likeness (QED) is 0.353. The zero-order valence-corrected chi connectivity index (χ0v) is 18.6. The average Bonchev–Trinajstić information content (AvgIpc) is 3.15. The van der Waals surface area contributed by atoms with Gasteiger partial charge in [0.1, 0.15) is 5.82 Å². The van der Waals surface area contributed by atoms with Gasteiger partial charge < -0.3 is 5.32 Å². The Morgan fingerprint density at radius 1 is 1.00 bits per heavy atom. The first-order valence-corrected chi connectivity index (χ1v) is 11.5. The van der Waals surface area contributed by atoms with E-state index < -0.39 is 0 Å². The summed E-state index contributed by atoms with van der Waals surface area (Å²) in [6, 6.07) is 20.6. The van der Waals surface area contributed by atoms with Crippen molar-refractivity contribution in [1.29, 1.82) is 0 Å². The molecule has 0 spiro atoms. The van der Waals surface area contributed by atoms with E-state index in [2.05, 4.69) is 58.2 Å². The minimum Gasteiger partial charge on any atom is -0.356 e. The number of nitrogens with zero attached hydrogens (tertiary/aromatic N) is 3. The molecule has 0 saturated heterocycles. The highest BCUT2D eigenvalue weighted by Crippen LogP contribution is 2.24. The number of carbonyl (C=O) groups excluding carboxylic acids is 1. The number of aromatic nitrogens is 3. The van der Waals surface area contributed by atoms with Gasteiger partial charge in [-0.1, -0.05) is 74.1 Å². The number of nitrogens with one attached hydrogen (secondary N) is 1. The molecule has 1 heterocycles. The van der Waals surface area contributed by atoms with Crippen LogP contribution in [0.2, 0.25) is 0 Å². The summed E-state index contributed by atoms with van der Waals surface area (Å²) in [6.07, 6.45) is 3.17. The van der Waals surface area contributed by atoms with E-state index in [0.717, 1.165) is 48.2 Å². The third-order valence-corrected chi connectivity index (χ3v) is 5.67. The molecule has 0 aliphatic heterocycles. The van der Waals surface area contributed by atoms with E-state index in [-0.39, 0.29) is 5.91 Å². The molecule has 1 aromatic heterocycles. The minimum absolute atomic E-state index is 0.145. The maximum Gasteiger partial charge on any atom is 0.220 e. The van der Waals surface area contributed by atoms with Gasteiger partial charge in [0.25, 0.3) is 0 Å². The second kappa shape index (κ2) is 11.6. The number of benzene rings is 2. The van der Waals surface area contributed by atoms with Crippen LogP contribution in [0.4, 0.5) is 0 Å².